The molecule has 0 saturated heterocycles. The maximum absolute atomic E-state index is 3.82. The summed E-state index contributed by atoms with van der Waals surface area (Å²) in [5.74, 6) is 0.871. The first-order chi connectivity index (χ1) is 4.66. The number of hydrogen-bond acceptors (Lipinski definition) is 0. The van der Waals surface area contributed by atoms with E-state index in [2.05, 4.69) is 33.8 Å². The van der Waals surface area contributed by atoms with Crippen LogP contribution in [-0.2, 0) is 0 Å². The molecule has 0 bridgehead atoms. The predicted molar refractivity (Wildman–Crippen MR) is 47.8 cm³/mol. The third-order valence-corrected chi connectivity index (χ3v) is 1.85. The maximum atomic E-state index is 3.82. The Morgan fingerprint density at radius 3 is 2.60 bits per heavy atom. The normalized spacial score (nSPS) is 15.4. The van der Waals surface area contributed by atoms with Crippen LogP contribution in [0.2, 0.25) is 0 Å². The zero-order chi connectivity index (χ0) is 7.98. The van der Waals surface area contributed by atoms with Gasteiger partial charge in [-0.25, -0.2) is 0 Å². The average Bonchev–Trinajstić information content (AvgIpc) is 1.87. The van der Waals surface area contributed by atoms with Crippen molar-refractivity contribution in [2.45, 2.75) is 40.0 Å². The fraction of sp³-hybridized carbons (Fsp3) is 0.700. The first-order valence-electron chi connectivity index (χ1n) is 4.15. The minimum atomic E-state index is 0.871. The average molecular weight is 139 g/mol. The molecule has 0 N–H and O–H groups in total. The molecule has 0 aliphatic heterocycles. The van der Waals surface area contributed by atoms with Gasteiger partial charge in [-0.05, 0) is 32.6 Å². The lowest BCUT2D eigenvalue weighted by Crippen LogP contribution is -1.89. The van der Waals surface area contributed by atoms with E-state index in [0.717, 1.165) is 5.92 Å². The van der Waals surface area contributed by atoms with E-state index >= 15 is 0 Å². The van der Waals surface area contributed by atoms with Gasteiger partial charge in [0.25, 0.3) is 0 Å². The van der Waals surface area contributed by atoms with Gasteiger partial charge in [-0.2, -0.15) is 0 Å². The second kappa shape index (κ2) is 5.52. The van der Waals surface area contributed by atoms with E-state index in [1.807, 2.05) is 0 Å². The molecule has 1 atom stereocenters. The minimum Gasteiger partial charge on any atom is -0.0856 e. The molecule has 0 nitrogen and oxygen atoms in total. The van der Waals surface area contributed by atoms with Crippen LogP contribution in [0.4, 0.5) is 0 Å². The summed E-state index contributed by atoms with van der Waals surface area (Å²) in [6, 6.07) is 0. The Morgan fingerprint density at radius 2 is 2.20 bits per heavy atom. The molecule has 0 rings (SSSR count). The van der Waals surface area contributed by atoms with E-state index in [4.69, 9.17) is 0 Å². The summed E-state index contributed by atoms with van der Waals surface area (Å²) in [5.41, 5.74) is 1.20. The topological polar surface area (TPSA) is 0 Å². The molecule has 59 valence electrons. The van der Waals surface area contributed by atoms with Gasteiger partial charge >= 0.3 is 0 Å². The highest BCUT2D eigenvalue weighted by atomic mass is 14.0. The lowest BCUT2D eigenvalue weighted by Gasteiger charge is -2.04. The number of hydrogen-bond donors (Lipinski definition) is 0. The number of allylic oxidation sites excluding steroid dienone is 2. The van der Waals surface area contributed by atoms with Gasteiger partial charge in [-0.1, -0.05) is 31.9 Å². The van der Waals surface area contributed by atoms with Crippen LogP contribution >= 0.6 is 0 Å². The molecule has 0 amide bonds. The van der Waals surface area contributed by atoms with Crippen LogP contribution in [-0.4, -0.2) is 0 Å². The lowest BCUT2D eigenvalue weighted by molar-refractivity contribution is 0.521. The van der Waals surface area contributed by atoms with Crippen LogP contribution < -0.4 is 0 Å². The Balaban J connectivity index is 3.28. The van der Waals surface area contributed by atoms with Gasteiger partial charge in [0.05, 0.1) is 0 Å². The largest absolute Gasteiger partial charge is 0.0856 e. The van der Waals surface area contributed by atoms with Gasteiger partial charge in [0.1, 0.15) is 0 Å². The van der Waals surface area contributed by atoms with Crippen molar-refractivity contribution in [3.63, 3.8) is 0 Å². The van der Waals surface area contributed by atoms with E-state index < -0.39 is 0 Å². The van der Waals surface area contributed by atoms with Crippen molar-refractivity contribution in [2.24, 2.45) is 5.92 Å². The lowest BCUT2D eigenvalue weighted by atomic mass is 10.0. The highest BCUT2D eigenvalue weighted by molar-refractivity contribution is 5.00. The smallest absolute Gasteiger partial charge is 0.0286 e. The Morgan fingerprint density at radius 1 is 1.60 bits per heavy atom. The van der Waals surface area contributed by atoms with Crippen molar-refractivity contribution < 1.29 is 0 Å². The summed E-state index contributed by atoms with van der Waals surface area (Å²) < 4.78 is 0. The van der Waals surface area contributed by atoms with Gasteiger partial charge in [-0.3, -0.25) is 0 Å². The summed E-state index contributed by atoms with van der Waals surface area (Å²) in [5, 5.41) is 0. The van der Waals surface area contributed by atoms with Gasteiger partial charge < -0.3 is 0 Å². The molecule has 0 aliphatic rings. The Kier molecular flexibility index (Phi) is 5.38. The summed E-state index contributed by atoms with van der Waals surface area (Å²) in [4.78, 5) is 0. The molecule has 10 heavy (non-hydrogen) atoms. The maximum Gasteiger partial charge on any atom is -0.0286 e. The molecule has 0 heterocycles. The van der Waals surface area contributed by atoms with E-state index in [-0.39, 0.29) is 0 Å². The molecule has 0 aliphatic carbocycles. The summed E-state index contributed by atoms with van der Waals surface area (Å²) in [6.45, 7) is 10.4. The predicted octanol–water partition coefficient (Wildman–Crippen LogP) is 3.59. The monoisotopic (exact) mass is 139 g/mol. The van der Waals surface area contributed by atoms with Gasteiger partial charge in [-0.15, -0.1) is 0 Å². The third kappa shape index (κ3) is 5.87. The molecule has 1 radical (unpaired) electrons. The third-order valence-electron chi connectivity index (χ3n) is 1.85. The van der Waals surface area contributed by atoms with Crippen LogP contribution in [0.5, 0.6) is 0 Å². The van der Waals surface area contributed by atoms with Crippen molar-refractivity contribution in [1.29, 1.82) is 0 Å². The van der Waals surface area contributed by atoms with Gasteiger partial charge in [0.2, 0.25) is 0 Å². The second-order valence-electron chi connectivity index (χ2n) is 3.14. The fourth-order valence-corrected chi connectivity index (χ4v) is 0.818. The second-order valence-corrected chi connectivity index (χ2v) is 3.14. The molecule has 0 aromatic heterocycles. The summed E-state index contributed by atoms with van der Waals surface area (Å²) in [7, 11) is 0. The van der Waals surface area contributed by atoms with Crippen LogP contribution in [0.15, 0.2) is 11.6 Å². The Labute approximate surface area is 65.3 Å². The zero-order valence-corrected chi connectivity index (χ0v) is 7.48. The van der Waals surface area contributed by atoms with Crippen molar-refractivity contribution in [3.05, 3.63) is 18.6 Å². The molecule has 0 spiro atoms. The van der Waals surface area contributed by atoms with Crippen molar-refractivity contribution >= 4 is 0 Å². The SMILES string of the molecule is [CH2]/C(C)=C/CCC(C)CC. The van der Waals surface area contributed by atoms with E-state index in [1.54, 1.807) is 0 Å². The molecule has 0 fully saturated rings. The highest BCUT2D eigenvalue weighted by Crippen LogP contribution is 2.10. The highest BCUT2D eigenvalue weighted by Gasteiger charge is 1.94. The quantitative estimate of drug-likeness (QED) is 0.558. The van der Waals surface area contributed by atoms with Crippen molar-refractivity contribution in [2.75, 3.05) is 0 Å². The van der Waals surface area contributed by atoms with E-state index in [1.165, 1.54) is 24.8 Å². The van der Waals surface area contributed by atoms with E-state index in [9.17, 15) is 0 Å². The Hall–Kier alpha value is -0.260. The standard InChI is InChI=1S/C10H19/c1-5-10(4)8-6-7-9(2)3/h7,10H,2,5-6,8H2,1,3-4H3/b9-7-. The first kappa shape index (κ1) is 9.74. The minimum absolute atomic E-state index is 0.871. The molecule has 1 unspecified atom stereocenters. The molecular weight excluding hydrogens is 120 g/mol. The van der Waals surface area contributed by atoms with Crippen molar-refractivity contribution in [1.82, 2.24) is 0 Å². The van der Waals surface area contributed by atoms with Gasteiger partial charge in [0, 0.05) is 0 Å². The van der Waals surface area contributed by atoms with Crippen LogP contribution in [0.3, 0.4) is 0 Å². The van der Waals surface area contributed by atoms with Crippen molar-refractivity contribution in [3.8, 4) is 0 Å². The fourth-order valence-electron chi connectivity index (χ4n) is 0.818. The Bertz CT molecular complexity index is 96.6. The molecule has 0 aromatic rings. The van der Waals surface area contributed by atoms with Crippen LogP contribution in [0.25, 0.3) is 0 Å². The van der Waals surface area contributed by atoms with E-state index in [0.29, 0.717) is 0 Å². The summed E-state index contributed by atoms with van der Waals surface area (Å²) in [6.07, 6.45) is 6.02. The molecule has 0 saturated carbocycles. The molecular formula is C10H19. The zero-order valence-electron chi connectivity index (χ0n) is 7.48. The number of rotatable bonds is 4. The molecule has 0 aromatic carbocycles. The summed E-state index contributed by atoms with van der Waals surface area (Å²) >= 11 is 0. The van der Waals surface area contributed by atoms with Crippen LogP contribution in [0, 0.1) is 12.8 Å². The van der Waals surface area contributed by atoms with Gasteiger partial charge in [0.15, 0.2) is 0 Å². The van der Waals surface area contributed by atoms with Crippen LogP contribution in [0.1, 0.15) is 40.0 Å². The molecule has 0 heteroatoms. The first-order valence-corrected chi connectivity index (χ1v) is 4.15.